The van der Waals surface area contributed by atoms with Crippen molar-refractivity contribution in [2.45, 2.75) is 51.7 Å². The maximum absolute atomic E-state index is 12.6. The Labute approximate surface area is 168 Å². The van der Waals surface area contributed by atoms with Gasteiger partial charge in [0, 0.05) is 5.69 Å². The molecule has 3 rings (SSSR count). The maximum Gasteiger partial charge on any atom is 0.329 e. The van der Waals surface area contributed by atoms with Gasteiger partial charge in [-0.15, -0.1) is 0 Å². The number of nitriles is 1. The van der Waals surface area contributed by atoms with Gasteiger partial charge in [0.05, 0.1) is 23.5 Å². The Hall–Kier alpha value is -3.21. The topological polar surface area (TPSA) is 117 Å². The first-order valence-electron chi connectivity index (χ1n) is 9.72. The fourth-order valence-electron chi connectivity index (χ4n) is 3.91. The summed E-state index contributed by atoms with van der Waals surface area (Å²) in [5.41, 5.74) is 0.785. The van der Waals surface area contributed by atoms with Crippen LogP contribution < -0.4 is 5.32 Å². The highest BCUT2D eigenvalue weighted by atomic mass is 16.5. The van der Waals surface area contributed by atoms with E-state index in [9.17, 15) is 19.2 Å². The first-order valence-corrected chi connectivity index (χ1v) is 9.72. The lowest BCUT2D eigenvalue weighted by Crippen LogP contribution is -2.46. The zero-order valence-electron chi connectivity index (χ0n) is 16.4. The van der Waals surface area contributed by atoms with Crippen molar-refractivity contribution in [3.63, 3.8) is 0 Å². The molecule has 2 fully saturated rings. The van der Waals surface area contributed by atoms with Gasteiger partial charge in [-0.2, -0.15) is 5.26 Å². The van der Waals surface area contributed by atoms with E-state index in [1.54, 1.807) is 18.2 Å². The minimum absolute atomic E-state index is 0.324. The highest BCUT2D eigenvalue weighted by Gasteiger charge is 2.51. The number of hydrogen-bond acceptors (Lipinski definition) is 6. The van der Waals surface area contributed by atoms with Crippen molar-refractivity contribution in [1.29, 1.82) is 5.26 Å². The zero-order chi connectivity index (χ0) is 21.1. The quantitative estimate of drug-likeness (QED) is 0.600. The molecule has 2 aliphatic rings. The molecule has 29 heavy (non-hydrogen) atoms. The SMILES string of the molecule is C[C@H](OC(=O)[C@@H](C)N1C(=O)[C@H]2CCCC[C@H]2C1=O)C(=O)Nc1cccc(C#N)c1. The molecule has 0 bridgehead atoms. The van der Waals surface area contributed by atoms with Crippen LogP contribution in [0, 0.1) is 23.2 Å². The first kappa shape index (κ1) is 20.5. The van der Waals surface area contributed by atoms with Crippen LogP contribution in [0.5, 0.6) is 0 Å². The number of hydrogen-bond donors (Lipinski definition) is 1. The predicted octanol–water partition coefficient (Wildman–Crippen LogP) is 1.99. The Morgan fingerprint density at radius 2 is 1.79 bits per heavy atom. The molecular weight excluding hydrogens is 374 g/mol. The minimum Gasteiger partial charge on any atom is -0.451 e. The van der Waals surface area contributed by atoms with Gasteiger partial charge in [-0.1, -0.05) is 18.9 Å². The van der Waals surface area contributed by atoms with Gasteiger partial charge in [0.2, 0.25) is 11.8 Å². The summed E-state index contributed by atoms with van der Waals surface area (Å²) in [6, 6.07) is 7.22. The molecule has 0 radical (unpaired) electrons. The molecule has 1 heterocycles. The summed E-state index contributed by atoms with van der Waals surface area (Å²) in [6.45, 7) is 2.85. The normalized spacial score (nSPS) is 23.0. The molecule has 1 N–H and O–H groups in total. The van der Waals surface area contributed by atoms with E-state index >= 15 is 0 Å². The van der Waals surface area contributed by atoms with Gasteiger partial charge in [0.1, 0.15) is 6.04 Å². The van der Waals surface area contributed by atoms with Crippen molar-refractivity contribution >= 4 is 29.4 Å². The molecular formula is C21H23N3O5. The average Bonchev–Trinajstić information content (AvgIpc) is 2.98. The van der Waals surface area contributed by atoms with Crippen LogP contribution in [0.1, 0.15) is 45.1 Å². The van der Waals surface area contributed by atoms with Crippen molar-refractivity contribution in [3.05, 3.63) is 29.8 Å². The van der Waals surface area contributed by atoms with Crippen molar-refractivity contribution in [2.24, 2.45) is 11.8 Å². The van der Waals surface area contributed by atoms with Crippen LogP contribution in [0.15, 0.2) is 24.3 Å². The Morgan fingerprint density at radius 3 is 2.38 bits per heavy atom. The van der Waals surface area contributed by atoms with E-state index in [4.69, 9.17) is 10.00 Å². The van der Waals surface area contributed by atoms with Crippen molar-refractivity contribution in [1.82, 2.24) is 4.90 Å². The van der Waals surface area contributed by atoms with Gasteiger partial charge in [0.15, 0.2) is 6.10 Å². The van der Waals surface area contributed by atoms with Crippen LogP contribution in [0.4, 0.5) is 5.69 Å². The lowest BCUT2D eigenvalue weighted by molar-refractivity contribution is -0.163. The van der Waals surface area contributed by atoms with E-state index < -0.39 is 24.0 Å². The van der Waals surface area contributed by atoms with Gasteiger partial charge in [-0.3, -0.25) is 19.3 Å². The first-order chi connectivity index (χ1) is 13.8. The second kappa shape index (κ2) is 8.43. The Bertz CT molecular complexity index is 867. The number of benzene rings is 1. The molecule has 1 aliphatic carbocycles. The van der Waals surface area contributed by atoms with Crippen LogP contribution >= 0.6 is 0 Å². The molecule has 1 aliphatic heterocycles. The third kappa shape index (κ3) is 4.14. The van der Waals surface area contributed by atoms with E-state index in [0.29, 0.717) is 24.1 Å². The molecule has 0 spiro atoms. The summed E-state index contributed by atoms with van der Waals surface area (Å²) in [4.78, 5) is 51.0. The van der Waals surface area contributed by atoms with E-state index in [2.05, 4.69) is 5.32 Å². The summed E-state index contributed by atoms with van der Waals surface area (Å²) in [5, 5.41) is 11.5. The van der Waals surface area contributed by atoms with Crippen molar-refractivity contribution < 1.29 is 23.9 Å². The minimum atomic E-state index is -1.13. The number of likely N-dealkylation sites (tertiary alicyclic amines) is 1. The van der Waals surface area contributed by atoms with E-state index in [1.807, 2.05) is 6.07 Å². The number of esters is 1. The van der Waals surface area contributed by atoms with E-state index in [-0.39, 0.29) is 23.7 Å². The molecule has 1 saturated carbocycles. The largest absolute Gasteiger partial charge is 0.451 e. The number of anilines is 1. The van der Waals surface area contributed by atoms with E-state index in [0.717, 1.165) is 17.7 Å². The molecule has 1 aromatic rings. The van der Waals surface area contributed by atoms with Gasteiger partial charge >= 0.3 is 5.97 Å². The molecule has 8 heteroatoms. The summed E-state index contributed by atoms with van der Waals surface area (Å²) >= 11 is 0. The highest BCUT2D eigenvalue weighted by Crippen LogP contribution is 2.38. The van der Waals surface area contributed by atoms with Gasteiger partial charge in [0.25, 0.3) is 5.91 Å². The molecule has 152 valence electrons. The zero-order valence-corrected chi connectivity index (χ0v) is 16.4. The number of carbonyl (C=O) groups excluding carboxylic acids is 4. The second-order valence-corrected chi connectivity index (χ2v) is 7.48. The molecule has 1 aromatic carbocycles. The Morgan fingerprint density at radius 1 is 1.17 bits per heavy atom. The number of amides is 3. The Balaban J connectivity index is 1.61. The maximum atomic E-state index is 12.6. The highest BCUT2D eigenvalue weighted by molar-refractivity contribution is 6.08. The van der Waals surface area contributed by atoms with Crippen molar-refractivity contribution in [2.75, 3.05) is 5.32 Å². The lowest BCUT2D eigenvalue weighted by Gasteiger charge is -2.23. The van der Waals surface area contributed by atoms with Crippen LogP contribution in [-0.4, -0.2) is 40.7 Å². The summed E-state index contributed by atoms with van der Waals surface area (Å²) < 4.78 is 5.20. The van der Waals surface area contributed by atoms with Crippen LogP contribution in [0.25, 0.3) is 0 Å². The van der Waals surface area contributed by atoms with Gasteiger partial charge in [-0.25, -0.2) is 4.79 Å². The van der Waals surface area contributed by atoms with E-state index in [1.165, 1.54) is 19.9 Å². The number of carbonyl (C=O) groups is 4. The summed E-state index contributed by atoms with van der Waals surface area (Å²) in [6.07, 6.45) is 1.99. The smallest absolute Gasteiger partial charge is 0.329 e. The number of nitrogens with one attached hydrogen (secondary N) is 1. The van der Waals surface area contributed by atoms with Gasteiger partial charge in [-0.05, 0) is 44.9 Å². The third-order valence-corrected chi connectivity index (χ3v) is 5.52. The number of ether oxygens (including phenoxy) is 1. The van der Waals surface area contributed by atoms with Crippen LogP contribution in [-0.2, 0) is 23.9 Å². The average molecular weight is 397 g/mol. The monoisotopic (exact) mass is 397 g/mol. The second-order valence-electron chi connectivity index (χ2n) is 7.48. The Kier molecular flexibility index (Phi) is 5.97. The number of fused-ring (bicyclic) bond motifs is 1. The molecule has 3 amide bonds. The molecule has 4 atom stereocenters. The number of nitrogens with zero attached hydrogens (tertiary/aromatic N) is 2. The van der Waals surface area contributed by atoms with Crippen molar-refractivity contribution in [3.8, 4) is 6.07 Å². The number of imide groups is 1. The predicted molar refractivity (Wildman–Crippen MR) is 102 cm³/mol. The lowest BCUT2D eigenvalue weighted by atomic mass is 9.81. The van der Waals surface area contributed by atoms with Gasteiger partial charge < -0.3 is 10.1 Å². The summed E-state index contributed by atoms with van der Waals surface area (Å²) in [5.74, 6) is -2.73. The third-order valence-electron chi connectivity index (χ3n) is 5.52. The molecule has 0 aromatic heterocycles. The molecule has 1 saturated heterocycles. The molecule has 8 nitrogen and oxygen atoms in total. The van der Waals surface area contributed by atoms with Crippen LogP contribution in [0.3, 0.4) is 0 Å². The fraction of sp³-hybridized carbons (Fsp3) is 0.476. The summed E-state index contributed by atoms with van der Waals surface area (Å²) in [7, 11) is 0. The standard InChI is InChI=1S/C21H23N3O5/c1-12(24-19(26)16-8-3-4-9-17(16)20(24)27)21(28)29-13(2)18(25)23-15-7-5-6-14(10-15)11-22/h5-7,10,12-13,16-17H,3-4,8-9H2,1-2H3,(H,23,25)/t12-,13+,16-,17+/m1/s1. The fourth-order valence-corrected chi connectivity index (χ4v) is 3.91. The van der Waals surface area contributed by atoms with Crippen LogP contribution in [0.2, 0.25) is 0 Å². The number of rotatable bonds is 5. The molecule has 0 unspecified atom stereocenters.